The molecule has 0 amide bonds. The molecule has 1 aliphatic rings. The van der Waals surface area contributed by atoms with Crippen molar-refractivity contribution in [1.82, 2.24) is 0 Å². The maximum atomic E-state index is 15.0. The minimum atomic E-state index is -0.188. The molecule has 3 aromatic rings. The van der Waals surface area contributed by atoms with Gasteiger partial charge in [0.05, 0.1) is 0 Å². The molecule has 1 fully saturated rings. The van der Waals surface area contributed by atoms with E-state index in [4.69, 9.17) is 0 Å². The summed E-state index contributed by atoms with van der Waals surface area (Å²) in [5.74, 6) is 0.953. The summed E-state index contributed by atoms with van der Waals surface area (Å²) in [7, 11) is 0. The fourth-order valence-corrected chi connectivity index (χ4v) is 5.05. The van der Waals surface area contributed by atoms with Crippen molar-refractivity contribution in [2.75, 3.05) is 0 Å². The Morgan fingerprint density at radius 2 is 1.45 bits per heavy atom. The number of benzene rings is 3. The first-order valence-electron chi connectivity index (χ1n) is 11.8. The van der Waals surface area contributed by atoms with Crippen LogP contribution in [0.5, 0.6) is 0 Å². The third-order valence-corrected chi connectivity index (χ3v) is 6.86. The van der Waals surface area contributed by atoms with Crippen LogP contribution in [0, 0.1) is 17.6 Å². The maximum Gasteiger partial charge on any atom is 0.127 e. The van der Waals surface area contributed by atoms with Crippen LogP contribution >= 0.6 is 0 Å². The molecule has 0 spiro atoms. The molecule has 0 nitrogen and oxygen atoms in total. The lowest BCUT2D eigenvalue weighted by Crippen LogP contribution is -2.14. The molecule has 0 bridgehead atoms. The Morgan fingerprint density at radius 1 is 0.742 bits per heavy atom. The fraction of sp³-hybridized carbons (Fsp3) is 0.379. The summed E-state index contributed by atoms with van der Waals surface area (Å²) in [6.45, 7) is 2.25. The second kappa shape index (κ2) is 10.2. The van der Waals surface area contributed by atoms with E-state index in [1.807, 2.05) is 12.1 Å². The standard InChI is InChI=1S/C29H32F2/c1-2-4-21-11-15-25(16-12-21)28-18-17-26(20-29(28)31)24-13-9-22(10-14-24)7-8-23-5-3-6-27(30)19-23/h3,5-6,9-10,13-14,17-21,25H,2,4,7-8,11-12,15-16H2,1H3. The number of rotatable bonds is 7. The molecule has 1 aliphatic carbocycles. The Kier molecular flexibility index (Phi) is 7.17. The van der Waals surface area contributed by atoms with Crippen LogP contribution in [-0.2, 0) is 12.8 Å². The summed E-state index contributed by atoms with van der Waals surface area (Å²) in [6, 6.07) is 20.9. The Bertz CT molecular complexity index is 982. The normalized spacial score (nSPS) is 18.8. The van der Waals surface area contributed by atoms with Crippen molar-refractivity contribution >= 4 is 0 Å². The quantitative estimate of drug-likeness (QED) is 0.361. The van der Waals surface area contributed by atoms with Gasteiger partial charge in [-0.3, -0.25) is 0 Å². The summed E-state index contributed by atoms with van der Waals surface area (Å²) in [4.78, 5) is 0. The molecule has 0 aliphatic heterocycles. The minimum Gasteiger partial charge on any atom is -0.207 e. The minimum absolute atomic E-state index is 0.0633. The van der Waals surface area contributed by atoms with Crippen molar-refractivity contribution in [3.8, 4) is 11.1 Å². The van der Waals surface area contributed by atoms with Crippen LogP contribution in [0.1, 0.15) is 68.1 Å². The zero-order chi connectivity index (χ0) is 21.6. The summed E-state index contributed by atoms with van der Waals surface area (Å²) in [5.41, 5.74) is 5.06. The zero-order valence-corrected chi connectivity index (χ0v) is 18.4. The van der Waals surface area contributed by atoms with Crippen molar-refractivity contribution in [2.24, 2.45) is 5.92 Å². The van der Waals surface area contributed by atoms with Gasteiger partial charge in [0.15, 0.2) is 0 Å². The van der Waals surface area contributed by atoms with Gasteiger partial charge in [0.1, 0.15) is 11.6 Å². The van der Waals surface area contributed by atoms with Gasteiger partial charge in [0.2, 0.25) is 0 Å². The average Bonchev–Trinajstić information content (AvgIpc) is 2.79. The van der Waals surface area contributed by atoms with Crippen LogP contribution < -0.4 is 0 Å². The second-order valence-corrected chi connectivity index (χ2v) is 9.07. The lowest BCUT2D eigenvalue weighted by Gasteiger charge is -2.29. The van der Waals surface area contributed by atoms with E-state index in [1.54, 1.807) is 18.2 Å². The summed E-state index contributed by atoms with van der Waals surface area (Å²) < 4.78 is 28.3. The van der Waals surface area contributed by atoms with Crippen molar-refractivity contribution in [2.45, 2.75) is 64.2 Å². The van der Waals surface area contributed by atoms with E-state index in [1.165, 1.54) is 37.3 Å². The van der Waals surface area contributed by atoms with Gasteiger partial charge in [-0.05, 0) is 96.4 Å². The number of hydrogen-bond acceptors (Lipinski definition) is 0. The van der Waals surface area contributed by atoms with E-state index in [9.17, 15) is 8.78 Å². The summed E-state index contributed by atoms with van der Waals surface area (Å²) in [6.07, 6.45) is 8.92. The third-order valence-electron chi connectivity index (χ3n) is 6.86. The van der Waals surface area contributed by atoms with Gasteiger partial charge in [0.25, 0.3) is 0 Å². The van der Waals surface area contributed by atoms with Crippen LogP contribution in [0.25, 0.3) is 11.1 Å². The van der Waals surface area contributed by atoms with Crippen LogP contribution in [0.4, 0.5) is 8.78 Å². The Balaban J connectivity index is 1.39. The topological polar surface area (TPSA) is 0 Å². The predicted molar refractivity (Wildman–Crippen MR) is 125 cm³/mol. The highest BCUT2D eigenvalue weighted by molar-refractivity contribution is 5.64. The molecule has 0 atom stereocenters. The maximum absolute atomic E-state index is 15.0. The van der Waals surface area contributed by atoms with Gasteiger partial charge in [-0.25, -0.2) is 8.78 Å². The van der Waals surface area contributed by atoms with Gasteiger partial charge in [0, 0.05) is 0 Å². The van der Waals surface area contributed by atoms with Crippen LogP contribution in [0.15, 0.2) is 66.7 Å². The third kappa shape index (κ3) is 5.61. The predicted octanol–water partition coefficient (Wildman–Crippen LogP) is 8.49. The first-order valence-corrected chi connectivity index (χ1v) is 11.8. The van der Waals surface area contributed by atoms with Crippen molar-refractivity contribution in [3.05, 3.63) is 95.1 Å². The fourth-order valence-electron chi connectivity index (χ4n) is 5.05. The lowest BCUT2D eigenvalue weighted by atomic mass is 9.77. The van der Waals surface area contributed by atoms with Gasteiger partial charge < -0.3 is 0 Å². The average molecular weight is 419 g/mol. The van der Waals surface area contributed by atoms with E-state index in [2.05, 4.69) is 37.3 Å². The molecule has 4 rings (SSSR count). The van der Waals surface area contributed by atoms with Crippen LogP contribution in [0.3, 0.4) is 0 Å². The van der Waals surface area contributed by atoms with E-state index in [0.717, 1.165) is 53.9 Å². The van der Waals surface area contributed by atoms with Crippen molar-refractivity contribution < 1.29 is 8.78 Å². The molecular formula is C29H32F2. The largest absolute Gasteiger partial charge is 0.207 e. The summed E-state index contributed by atoms with van der Waals surface area (Å²) in [5, 5.41) is 0. The van der Waals surface area contributed by atoms with E-state index >= 15 is 0 Å². The zero-order valence-electron chi connectivity index (χ0n) is 18.4. The SMILES string of the molecule is CCCC1CCC(c2ccc(-c3ccc(CCc4cccc(F)c4)cc3)cc2F)CC1. The van der Waals surface area contributed by atoms with Crippen LogP contribution in [-0.4, -0.2) is 0 Å². The monoisotopic (exact) mass is 418 g/mol. The molecule has 0 unspecified atom stereocenters. The molecule has 0 N–H and O–H groups in total. The first kappa shape index (κ1) is 21.7. The van der Waals surface area contributed by atoms with Crippen LogP contribution in [0.2, 0.25) is 0 Å². The van der Waals surface area contributed by atoms with Gasteiger partial charge >= 0.3 is 0 Å². The summed E-state index contributed by atoms with van der Waals surface area (Å²) >= 11 is 0. The molecule has 0 saturated heterocycles. The molecule has 1 saturated carbocycles. The Morgan fingerprint density at radius 3 is 2.13 bits per heavy atom. The molecule has 31 heavy (non-hydrogen) atoms. The highest BCUT2D eigenvalue weighted by atomic mass is 19.1. The Labute approximate surface area is 185 Å². The van der Waals surface area contributed by atoms with Crippen molar-refractivity contribution in [3.63, 3.8) is 0 Å². The lowest BCUT2D eigenvalue weighted by molar-refractivity contribution is 0.304. The van der Waals surface area contributed by atoms with E-state index < -0.39 is 0 Å². The molecular weight excluding hydrogens is 386 g/mol. The van der Waals surface area contributed by atoms with Gasteiger partial charge in [-0.15, -0.1) is 0 Å². The Hall–Kier alpha value is -2.48. The molecule has 2 heteroatoms. The van der Waals surface area contributed by atoms with E-state index in [0.29, 0.717) is 5.92 Å². The molecule has 3 aromatic carbocycles. The molecule has 0 radical (unpaired) electrons. The van der Waals surface area contributed by atoms with Gasteiger partial charge in [-0.1, -0.05) is 68.3 Å². The smallest absolute Gasteiger partial charge is 0.127 e. The molecule has 0 aromatic heterocycles. The van der Waals surface area contributed by atoms with E-state index in [-0.39, 0.29) is 11.6 Å². The van der Waals surface area contributed by atoms with Crippen molar-refractivity contribution in [1.29, 1.82) is 0 Å². The first-order chi connectivity index (χ1) is 15.1. The second-order valence-electron chi connectivity index (χ2n) is 9.07. The molecule has 162 valence electrons. The van der Waals surface area contributed by atoms with Gasteiger partial charge in [-0.2, -0.15) is 0 Å². The highest BCUT2D eigenvalue weighted by Crippen LogP contribution is 2.39. The number of aryl methyl sites for hydroxylation is 2. The number of hydrogen-bond donors (Lipinski definition) is 0. The number of halogens is 2. The molecule has 0 heterocycles. The highest BCUT2D eigenvalue weighted by Gasteiger charge is 2.24.